The number of benzene rings is 1. The van der Waals surface area contributed by atoms with Crippen molar-refractivity contribution >= 4 is 12.4 Å². The molecule has 3 heteroatoms. The van der Waals surface area contributed by atoms with Gasteiger partial charge in [-0.1, -0.05) is 12.1 Å². The summed E-state index contributed by atoms with van der Waals surface area (Å²) in [7, 11) is 4.34. The Morgan fingerprint density at radius 3 is 2.10 bits per heavy atom. The van der Waals surface area contributed by atoms with Crippen LogP contribution in [0.25, 0.3) is 0 Å². The van der Waals surface area contributed by atoms with E-state index in [0.717, 1.165) is 17.8 Å². The largest absolute Gasteiger partial charge is 0.309 e. The molecular weight excluding hydrogens is 273 g/mol. The second-order valence-corrected chi connectivity index (χ2v) is 6.68. The summed E-state index contributed by atoms with van der Waals surface area (Å²) in [5.41, 5.74) is 1.36. The first kappa shape index (κ1) is 15.8. The van der Waals surface area contributed by atoms with Crippen molar-refractivity contribution in [1.29, 1.82) is 0 Å². The van der Waals surface area contributed by atoms with E-state index in [-0.39, 0.29) is 18.2 Å². The van der Waals surface area contributed by atoms with Crippen LogP contribution in [0.3, 0.4) is 0 Å². The van der Waals surface area contributed by atoms with Crippen molar-refractivity contribution < 1.29 is 4.39 Å². The van der Waals surface area contributed by atoms with Gasteiger partial charge < -0.3 is 4.90 Å². The minimum absolute atomic E-state index is 0. The highest BCUT2D eigenvalue weighted by Crippen LogP contribution is 2.53. The van der Waals surface area contributed by atoms with Crippen LogP contribution in [0.1, 0.15) is 37.2 Å². The Hall–Kier alpha value is -0.600. The molecule has 2 atom stereocenters. The fourth-order valence-corrected chi connectivity index (χ4v) is 4.46. The Kier molecular flexibility index (Phi) is 5.09. The summed E-state index contributed by atoms with van der Waals surface area (Å²) in [4.78, 5) is 2.32. The van der Waals surface area contributed by atoms with Crippen molar-refractivity contribution in [2.45, 2.75) is 31.6 Å². The molecule has 3 saturated carbocycles. The summed E-state index contributed by atoms with van der Waals surface area (Å²) < 4.78 is 13.1. The van der Waals surface area contributed by atoms with Crippen LogP contribution in [-0.2, 0) is 0 Å². The van der Waals surface area contributed by atoms with Crippen LogP contribution in [-0.4, -0.2) is 25.5 Å². The molecule has 1 aromatic carbocycles. The topological polar surface area (TPSA) is 3.24 Å². The number of hydrogen-bond acceptors (Lipinski definition) is 1. The molecule has 112 valence electrons. The lowest BCUT2D eigenvalue weighted by atomic mass is 9.57. The molecule has 0 amide bonds. The first-order chi connectivity index (χ1) is 9.15. The second kappa shape index (κ2) is 6.44. The number of halogens is 2. The fraction of sp³-hybridized carbons (Fsp3) is 0.647. The summed E-state index contributed by atoms with van der Waals surface area (Å²) >= 11 is 0. The van der Waals surface area contributed by atoms with E-state index in [1.54, 1.807) is 12.1 Å². The maximum absolute atomic E-state index is 13.1. The van der Waals surface area contributed by atoms with Crippen molar-refractivity contribution in [3.8, 4) is 0 Å². The Morgan fingerprint density at radius 2 is 1.55 bits per heavy atom. The van der Waals surface area contributed by atoms with E-state index in [9.17, 15) is 4.39 Å². The van der Waals surface area contributed by atoms with Gasteiger partial charge in [0.05, 0.1) is 0 Å². The Balaban J connectivity index is 0.00000147. The smallest absolute Gasteiger partial charge is 0.123 e. The van der Waals surface area contributed by atoms with Crippen LogP contribution < -0.4 is 0 Å². The molecule has 4 rings (SSSR count). The zero-order valence-electron chi connectivity index (χ0n) is 12.4. The van der Waals surface area contributed by atoms with Gasteiger partial charge in [-0.25, -0.2) is 4.39 Å². The zero-order valence-corrected chi connectivity index (χ0v) is 13.2. The molecule has 20 heavy (non-hydrogen) atoms. The van der Waals surface area contributed by atoms with E-state index >= 15 is 0 Å². The summed E-state index contributed by atoms with van der Waals surface area (Å²) in [5, 5.41) is 0. The van der Waals surface area contributed by atoms with Gasteiger partial charge >= 0.3 is 0 Å². The van der Waals surface area contributed by atoms with Gasteiger partial charge in [0.1, 0.15) is 5.82 Å². The molecule has 1 nitrogen and oxygen atoms in total. The molecule has 0 heterocycles. The average Bonchev–Trinajstić information content (AvgIpc) is 2.41. The van der Waals surface area contributed by atoms with Crippen LogP contribution in [0, 0.1) is 23.6 Å². The molecule has 0 aromatic heterocycles. The quantitative estimate of drug-likeness (QED) is 0.803. The van der Waals surface area contributed by atoms with Crippen LogP contribution >= 0.6 is 12.4 Å². The second-order valence-electron chi connectivity index (χ2n) is 6.68. The minimum Gasteiger partial charge on any atom is -0.309 e. The van der Waals surface area contributed by atoms with Crippen molar-refractivity contribution in [1.82, 2.24) is 4.90 Å². The van der Waals surface area contributed by atoms with Gasteiger partial charge in [0.15, 0.2) is 0 Å². The molecule has 3 fully saturated rings. The van der Waals surface area contributed by atoms with Crippen LogP contribution in [0.15, 0.2) is 24.3 Å². The Bertz CT molecular complexity index is 423. The zero-order chi connectivity index (χ0) is 13.4. The molecule has 0 saturated heterocycles. The summed E-state index contributed by atoms with van der Waals surface area (Å²) in [5.74, 6) is 2.99. The van der Waals surface area contributed by atoms with E-state index in [4.69, 9.17) is 0 Å². The van der Waals surface area contributed by atoms with Gasteiger partial charge in [-0.2, -0.15) is 0 Å². The third-order valence-corrected chi connectivity index (χ3v) is 5.22. The molecule has 3 aliphatic rings. The lowest BCUT2D eigenvalue weighted by Gasteiger charge is -2.50. The molecule has 0 unspecified atom stereocenters. The molecule has 1 aromatic rings. The Morgan fingerprint density at radius 1 is 1.00 bits per heavy atom. The van der Waals surface area contributed by atoms with Crippen molar-refractivity contribution in [3.05, 3.63) is 35.6 Å². The standard InChI is InChI=1S/C17H24FN.ClH/c1-19(2)11-16-12-3-5-13(6-4-12)17(16)14-7-9-15(18)10-8-14;/h7-10,12-13,16-17H,3-6,11H2,1-2H3;1H/t12?,13?,16-,17-;/m0./s1. The highest BCUT2D eigenvalue weighted by atomic mass is 35.5. The van der Waals surface area contributed by atoms with E-state index in [1.807, 2.05) is 12.1 Å². The lowest BCUT2D eigenvalue weighted by molar-refractivity contribution is 0.0507. The van der Waals surface area contributed by atoms with E-state index < -0.39 is 0 Å². The highest BCUT2D eigenvalue weighted by Gasteiger charge is 2.43. The van der Waals surface area contributed by atoms with Crippen LogP contribution in [0.2, 0.25) is 0 Å². The highest BCUT2D eigenvalue weighted by molar-refractivity contribution is 5.85. The molecule has 2 bridgehead atoms. The predicted molar refractivity (Wildman–Crippen MR) is 83.9 cm³/mol. The van der Waals surface area contributed by atoms with Gasteiger partial charge in [0.25, 0.3) is 0 Å². The molecule has 0 aliphatic heterocycles. The van der Waals surface area contributed by atoms with Crippen molar-refractivity contribution in [2.24, 2.45) is 17.8 Å². The van der Waals surface area contributed by atoms with E-state index in [2.05, 4.69) is 19.0 Å². The van der Waals surface area contributed by atoms with Gasteiger partial charge in [0.2, 0.25) is 0 Å². The summed E-state index contributed by atoms with van der Waals surface area (Å²) in [6, 6.07) is 7.29. The number of fused-ring (bicyclic) bond motifs is 3. The first-order valence-electron chi connectivity index (χ1n) is 7.55. The normalized spacial score (nSPS) is 32.2. The SMILES string of the molecule is CN(C)C[C@H]1C2CCC(CC2)[C@H]1c1ccc(F)cc1.Cl. The van der Waals surface area contributed by atoms with Gasteiger partial charge in [-0.05, 0) is 81.1 Å². The average molecular weight is 298 g/mol. The van der Waals surface area contributed by atoms with Gasteiger partial charge in [-0.15, -0.1) is 12.4 Å². The number of nitrogens with zero attached hydrogens (tertiary/aromatic N) is 1. The number of hydrogen-bond donors (Lipinski definition) is 0. The summed E-state index contributed by atoms with van der Waals surface area (Å²) in [6.45, 7) is 1.17. The van der Waals surface area contributed by atoms with Crippen molar-refractivity contribution in [3.63, 3.8) is 0 Å². The van der Waals surface area contributed by atoms with E-state index in [1.165, 1.54) is 37.8 Å². The lowest BCUT2D eigenvalue weighted by Crippen LogP contribution is -2.43. The predicted octanol–water partition coefficient (Wildman–Crippen LogP) is 4.33. The van der Waals surface area contributed by atoms with Gasteiger partial charge in [-0.3, -0.25) is 0 Å². The van der Waals surface area contributed by atoms with E-state index in [0.29, 0.717) is 5.92 Å². The number of rotatable bonds is 3. The van der Waals surface area contributed by atoms with Crippen molar-refractivity contribution in [2.75, 3.05) is 20.6 Å². The minimum atomic E-state index is -0.117. The van der Waals surface area contributed by atoms with Gasteiger partial charge in [0, 0.05) is 6.54 Å². The Labute approximate surface area is 128 Å². The first-order valence-corrected chi connectivity index (χ1v) is 7.55. The summed E-state index contributed by atoms with van der Waals surface area (Å²) in [6.07, 6.45) is 5.55. The van der Waals surface area contributed by atoms with Crippen LogP contribution in [0.5, 0.6) is 0 Å². The molecular formula is C17H25ClFN. The molecule has 0 radical (unpaired) electrons. The molecule has 0 spiro atoms. The third kappa shape index (κ3) is 3.01. The third-order valence-electron chi connectivity index (χ3n) is 5.22. The van der Waals surface area contributed by atoms with Crippen LogP contribution in [0.4, 0.5) is 4.39 Å². The molecule has 0 N–H and O–H groups in total. The monoisotopic (exact) mass is 297 g/mol. The maximum Gasteiger partial charge on any atom is 0.123 e. The maximum atomic E-state index is 13.1. The fourth-order valence-electron chi connectivity index (χ4n) is 4.46. The molecule has 3 aliphatic carbocycles.